The number of likely N-dealkylation sites (N-methyl/N-ethyl adjacent to an activating group) is 1. The molecule has 76 valence electrons. The maximum atomic E-state index is 11.2. The highest BCUT2D eigenvalue weighted by molar-refractivity contribution is 6.64. The molecule has 0 N–H and O–H groups in total. The van der Waals surface area contributed by atoms with Crippen molar-refractivity contribution in [2.24, 2.45) is 0 Å². The van der Waals surface area contributed by atoms with Gasteiger partial charge in [-0.1, -0.05) is 23.7 Å². The second-order valence-corrected chi connectivity index (χ2v) is 4.03. The number of nitrogens with zero attached hydrogens (tertiary/aromatic N) is 1. The van der Waals surface area contributed by atoms with Crippen LogP contribution in [-0.2, 0) is 4.79 Å². The zero-order valence-electron chi connectivity index (χ0n) is 8.00. The van der Waals surface area contributed by atoms with Crippen LogP contribution in [0, 0.1) is 0 Å². The van der Waals surface area contributed by atoms with E-state index in [0.717, 1.165) is 5.56 Å². The van der Waals surface area contributed by atoms with Gasteiger partial charge in [0.25, 0.3) is 0 Å². The SMILES string of the molecule is CN(C)C(C(=O)Cl)c1ccc(Cl)cc1. The first-order chi connectivity index (χ1) is 6.52. The molecule has 0 fully saturated rings. The summed E-state index contributed by atoms with van der Waals surface area (Å²) < 4.78 is 0. The van der Waals surface area contributed by atoms with Gasteiger partial charge in [0.1, 0.15) is 6.04 Å². The van der Waals surface area contributed by atoms with E-state index in [1.165, 1.54) is 0 Å². The Bertz CT molecular complexity index is 321. The fraction of sp³-hybridized carbons (Fsp3) is 0.300. The summed E-state index contributed by atoms with van der Waals surface area (Å²) in [5.74, 6) is 0. The van der Waals surface area contributed by atoms with Gasteiger partial charge in [0.15, 0.2) is 0 Å². The van der Waals surface area contributed by atoms with Crippen LogP contribution in [0.3, 0.4) is 0 Å². The standard InChI is InChI=1S/C10H11Cl2NO/c1-13(2)9(10(12)14)7-3-5-8(11)6-4-7/h3-6,9H,1-2H3. The molecule has 0 bridgehead atoms. The van der Waals surface area contributed by atoms with E-state index < -0.39 is 11.3 Å². The minimum absolute atomic E-state index is 0.391. The zero-order chi connectivity index (χ0) is 10.7. The summed E-state index contributed by atoms with van der Waals surface area (Å²) in [4.78, 5) is 12.9. The normalized spacial score (nSPS) is 12.9. The van der Waals surface area contributed by atoms with Crippen LogP contribution in [0.5, 0.6) is 0 Å². The fourth-order valence-corrected chi connectivity index (χ4v) is 1.72. The highest BCUT2D eigenvalue weighted by Gasteiger charge is 2.20. The van der Waals surface area contributed by atoms with Gasteiger partial charge in [-0.3, -0.25) is 9.69 Å². The van der Waals surface area contributed by atoms with Crippen LogP contribution < -0.4 is 0 Å². The topological polar surface area (TPSA) is 20.3 Å². The molecule has 0 aliphatic carbocycles. The van der Waals surface area contributed by atoms with Gasteiger partial charge >= 0.3 is 0 Å². The second kappa shape index (κ2) is 4.78. The number of benzene rings is 1. The molecule has 0 saturated heterocycles. The molecule has 2 nitrogen and oxygen atoms in total. The maximum absolute atomic E-state index is 11.2. The molecule has 0 aliphatic heterocycles. The van der Waals surface area contributed by atoms with Gasteiger partial charge in [-0.2, -0.15) is 0 Å². The van der Waals surface area contributed by atoms with Gasteiger partial charge in [-0.25, -0.2) is 0 Å². The Balaban J connectivity index is 3.00. The third kappa shape index (κ3) is 2.71. The number of carbonyl (C=O) groups is 1. The molecule has 1 atom stereocenters. The summed E-state index contributed by atoms with van der Waals surface area (Å²) in [6, 6.07) is 6.68. The molecule has 0 amide bonds. The lowest BCUT2D eigenvalue weighted by molar-refractivity contribution is -0.115. The van der Waals surface area contributed by atoms with Crippen molar-refractivity contribution in [3.8, 4) is 0 Å². The Morgan fingerprint density at radius 2 is 1.79 bits per heavy atom. The zero-order valence-corrected chi connectivity index (χ0v) is 9.51. The van der Waals surface area contributed by atoms with E-state index in [9.17, 15) is 4.79 Å². The third-order valence-electron chi connectivity index (χ3n) is 1.92. The van der Waals surface area contributed by atoms with Crippen LogP contribution in [0.1, 0.15) is 11.6 Å². The van der Waals surface area contributed by atoms with Crippen molar-refractivity contribution in [2.45, 2.75) is 6.04 Å². The molecule has 14 heavy (non-hydrogen) atoms. The predicted octanol–water partition coefficient (Wildman–Crippen LogP) is 2.71. The summed E-state index contributed by atoms with van der Waals surface area (Å²) in [6.45, 7) is 0. The first-order valence-electron chi connectivity index (χ1n) is 4.13. The molecule has 4 heteroatoms. The summed E-state index contributed by atoms with van der Waals surface area (Å²) in [5.41, 5.74) is 0.847. The van der Waals surface area contributed by atoms with E-state index in [0.29, 0.717) is 5.02 Å². The number of halogens is 2. The van der Waals surface area contributed by atoms with Crippen molar-refractivity contribution < 1.29 is 4.79 Å². The van der Waals surface area contributed by atoms with Gasteiger partial charge in [0, 0.05) is 5.02 Å². The lowest BCUT2D eigenvalue weighted by Crippen LogP contribution is -2.24. The molecule has 0 spiro atoms. The van der Waals surface area contributed by atoms with E-state index in [1.54, 1.807) is 43.3 Å². The van der Waals surface area contributed by atoms with E-state index in [4.69, 9.17) is 23.2 Å². The van der Waals surface area contributed by atoms with E-state index in [-0.39, 0.29) is 0 Å². The largest absolute Gasteiger partial charge is 0.295 e. The van der Waals surface area contributed by atoms with Crippen LogP contribution >= 0.6 is 23.2 Å². The van der Waals surface area contributed by atoms with Gasteiger partial charge in [0.05, 0.1) is 0 Å². The van der Waals surface area contributed by atoms with Crippen molar-refractivity contribution in [3.05, 3.63) is 34.9 Å². The smallest absolute Gasteiger partial charge is 0.243 e. The molecular formula is C10H11Cl2NO. The molecule has 0 saturated carbocycles. The van der Waals surface area contributed by atoms with E-state index >= 15 is 0 Å². The fourth-order valence-electron chi connectivity index (χ4n) is 1.28. The minimum Gasteiger partial charge on any atom is -0.295 e. The minimum atomic E-state index is -0.408. The van der Waals surface area contributed by atoms with E-state index in [2.05, 4.69) is 0 Å². The first kappa shape index (κ1) is 11.5. The second-order valence-electron chi connectivity index (χ2n) is 3.22. The molecule has 0 radical (unpaired) electrons. The molecule has 0 heterocycles. The summed E-state index contributed by atoms with van der Waals surface area (Å²) in [6.07, 6.45) is 0. The Morgan fingerprint density at radius 3 is 2.14 bits per heavy atom. The van der Waals surface area contributed by atoms with Crippen LogP contribution in [0.2, 0.25) is 5.02 Å². The van der Waals surface area contributed by atoms with Gasteiger partial charge < -0.3 is 0 Å². The number of carbonyl (C=O) groups excluding carboxylic acids is 1. The summed E-state index contributed by atoms with van der Waals surface area (Å²) >= 11 is 11.2. The molecule has 1 rings (SSSR count). The Morgan fingerprint density at radius 1 is 1.29 bits per heavy atom. The average Bonchev–Trinajstić information content (AvgIpc) is 2.07. The average molecular weight is 232 g/mol. The Hall–Kier alpha value is -0.570. The van der Waals surface area contributed by atoms with Crippen LogP contribution in [0.15, 0.2) is 24.3 Å². The highest BCUT2D eigenvalue weighted by atomic mass is 35.5. The van der Waals surface area contributed by atoms with Crippen molar-refractivity contribution in [2.75, 3.05) is 14.1 Å². The lowest BCUT2D eigenvalue weighted by atomic mass is 10.1. The quantitative estimate of drug-likeness (QED) is 0.747. The first-order valence-corrected chi connectivity index (χ1v) is 4.89. The predicted molar refractivity (Wildman–Crippen MR) is 58.7 cm³/mol. The summed E-state index contributed by atoms with van der Waals surface area (Å²) in [5, 5.41) is 0.255. The monoisotopic (exact) mass is 231 g/mol. The number of rotatable bonds is 3. The molecular weight excluding hydrogens is 221 g/mol. The van der Waals surface area contributed by atoms with Gasteiger partial charge in [-0.05, 0) is 43.4 Å². The molecule has 0 aromatic heterocycles. The molecule has 1 aromatic carbocycles. The molecule has 1 unspecified atom stereocenters. The highest BCUT2D eigenvalue weighted by Crippen LogP contribution is 2.22. The molecule has 1 aromatic rings. The van der Waals surface area contributed by atoms with Gasteiger partial charge in [-0.15, -0.1) is 0 Å². The van der Waals surface area contributed by atoms with Crippen molar-refractivity contribution in [1.82, 2.24) is 4.90 Å². The van der Waals surface area contributed by atoms with Gasteiger partial charge in [0.2, 0.25) is 5.24 Å². The van der Waals surface area contributed by atoms with Crippen molar-refractivity contribution in [3.63, 3.8) is 0 Å². The van der Waals surface area contributed by atoms with Crippen LogP contribution in [0.4, 0.5) is 0 Å². The molecule has 0 aliphatic rings. The van der Waals surface area contributed by atoms with E-state index in [1.807, 2.05) is 0 Å². The van der Waals surface area contributed by atoms with Crippen LogP contribution in [0.25, 0.3) is 0 Å². The van der Waals surface area contributed by atoms with Crippen molar-refractivity contribution >= 4 is 28.4 Å². The maximum Gasteiger partial charge on any atom is 0.243 e. The Kier molecular flexibility index (Phi) is 3.93. The lowest BCUT2D eigenvalue weighted by Gasteiger charge is -2.20. The third-order valence-corrected chi connectivity index (χ3v) is 2.38. The van der Waals surface area contributed by atoms with Crippen LogP contribution in [-0.4, -0.2) is 24.2 Å². The van der Waals surface area contributed by atoms with Crippen molar-refractivity contribution in [1.29, 1.82) is 0 Å². The number of hydrogen-bond donors (Lipinski definition) is 0. The summed E-state index contributed by atoms with van der Waals surface area (Å²) in [7, 11) is 3.61. The Labute approximate surface area is 93.4 Å². The number of hydrogen-bond acceptors (Lipinski definition) is 2.